The van der Waals surface area contributed by atoms with Crippen LogP contribution in [0.3, 0.4) is 0 Å². The lowest BCUT2D eigenvalue weighted by molar-refractivity contribution is 0.187. The van der Waals surface area contributed by atoms with E-state index in [4.69, 9.17) is 16.3 Å². The van der Waals surface area contributed by atoms with Crippen LogP contribution in [0.15, 0.2) is 41.2 Å². The van der Waals surface area contributed by atoms with Gasteiger partial charge in [0.05, 0.1) is 24.2 Å². The molecule has 0 aliphatic rings. The number of hydrogen-bond acceptors (Lipinski definition) is 2. The molecule has 0 spiro atoms. The van der Waals surface area contributed by atoms with E-state index >= 15 is 0 Å². The van der Waals surface area contributed by atoms with Crippen LogP contribution in [0, 0.1) is 0 Å². The lowest BCUT2D eigenvalue weighted by Gasteiger charge is -2.01. The monoisotopic (exact) mass is 280 g/mol. The second-order valence-corrected chi connectivity index (χ2v) is 4.46. The summed E-state index contributed by atoms with van der Waals surface area (Å²) in [5.41, 5.74) is 1.85. The third-order valence-electron chi connectivity index (χ3n) is 2.99. The quantitative estimate of drug-likeness (QED) is 0.601. The maximum absolute atomic E-state index is 12.4. The summed E-state index contributed by atoms with van der Waals surface area (Å²) in [6.45, 7) is 1.61. The van der Waals surface area contributed by atoms with E-state index in [1.165, 1.54) is 0 Å². The summed E-state index contributed by atoms with van der Waals surface area (Å²) in [6, 6.07) is 7.77. The number of alkyl halides is 1. The molecule has 0 aliphatic heterocycles. The van der Waals surface area contributed by atoms with Crippen molar-refractivity contribution in [1.29, 1.82) is 0 Å². The third-order valence-corrected chi connectivity index (χ3v) is 3.17. The highest BCUT2D eigenvalue weighted by atomic mass is 35.5. The first kappa shape index (κ1) is 13.9. The highest BCUT2D eigenvalue weighted by Gasteiger charge is 2.10. The molecule has 19 heavy (non-hydrogen) atoms. The molecule has 0 aliphatic carbocycles. The molecule has 0 unspecified atom stereocenters. The molecule has 102 valence electrons. The minimum atomic E-state index is -0.0162. The fourth-order valence-corrected chi connectivity index (χ4v) is 2.22. The Morgan fingerprint density at radius 1 is 1.21 bits per heavy atom. The fourth-order valence-electron chi connectivity index (χ4n) is 2.09. The molecule has 0 fully saturated rings. The van der Waals surface area contributed by atoms with Crippen LogP contribution in [0.4, 0.5) is 0 Å². The summed E-state index contributed by atoms with van der Waals surface area (Å²) >= 11 is 5.60. The zero-order chi connectivity index (χ0) is 13.7. The van der Waals surface area contributed by atoms with Gasteiger partial charge in [-0.1, -0.05) is 24.3 Å². The van der Waals surface area contributed by atoms with Gasteiger partial charge in [-0.2, -0.15) is 0 Å². The standard InChI is InChI=1S/C14H17ClN2O2/c1-19-11-10-17-13-7-3-2-6-12(13)16(14(17)18)9-5-4-8-15/h2-7H,8-11H2,1H3/b5-4+. The van der Waals surface area contributed by atoms with Gasteiger partial charge in [-0.05, 0) is 12.1 Å². The van der Waals surface area contributed by atoms with Crippen molar-refractivity contribution in [2.24, 2.45) is 0 Å². The van der Waals surface area contributed by atoms with Crippen LogP contribution in [0.2, 0.25) is 0 Å². The maximum atomic E-state index is 12.4. The Morgan fingerprint density at radius 2 is 1.89 bits per heavy atom. The van der Waals surface area contributed by atoms with Crippen molar-refractivity contribution in [2.75, 3.05) is 19.6 Å². The zero-order valence-corrected chi connectivity index (χ0v) is 11.6. The molecule has 4 nitrogen and oxygen atoms in total. The molecule has 2 aromatic rings. The summed E-state index contributed by atoms with van der Waals surface area (Å²) in [4.78, 5) is 12.4. The van der Waals surface area contributed by atoms with E-state index in [-0.39, 0.29) is 5.69 Å². The molecule has 0 amide bonds. The van der Waals surface area contributed by atoms with Gasteiger partial charge in [0.2, 0.25) is 0 Å². The molecular formula is C14H17ClN2O2. The van der Waals surface area contributed by atoms with Crippen LogP contribution in [0.5, 0.6) is 0 Å². The Morgan fingerprint density at radius 3 is 2.53 bits per heavy atom. The summed E-state index contributed by atoms with van der Waals surface area (Å²) in [5.74, 6) is 0.455. The van der Waals surface area contributed by atoms with Crippen molar-refractivity contribution in [3.63, 3.8) is 0 Å². The zero-order valence-electron chi connectivity index (χ0n) is 10.9. The highest BCUT2D eigenvalue weighted by molar-refractivity contribution is 6.18. The van der Waals surface area contributed by atoms with Gasteiger partial charge in [-0.15, -0.1) is 11.6 Å². The van der Waals surface area contributed by atoms with Crippen LogP contribution in [-0.2, 0) is 17.8 Å². The van der Waals surface area contributed by atoms with E-state index < -0.39 is 0 Å². The fraction of sp³-hybridized carbons (Fsp3) is 0.357. The van der Waals surface area contributed by atoms with E-state index in [2.05, 4.69) is 0 Å². The first-order valence-electron chi connectivity index (χ1n) is 6.17. The summed E-state index contributed by atoms with van der Waals surface area (Å²) in [5, 5.41) is 0. The van der Waals surface area contributed by atoms with Gasteiger partial charge in [0, 0.05) is 19.5 Å². The van der Waals surface area contributed by atoms with Gasteiger partial charge in [0.1, 0.15) is 0 Å². The van der Waals surface area contributed by atoms with Gasteiger partial charge < -0.3 is 4.74 Å². The number of nitrogens with zero attached hydrogens (tertiary/aromatic N) is 2. The summed E-state index contributed by atoms with van der Waals surface area (Å²) < 4.78 is 8.54. The number of aromatic nitrogens is 2. The Bertz CT molecular complexity index is 628. The van der Waals surface area contributed by atoms with Gasteiger partial charge in [-0.3, -0.25) is 9.13 Å². The molecule has 2 rings (SSSR count). The molecule has 1 aromatic heterocycles. The maximum Gasteiger partial charge on any atom is 0.329 e. The second kappa shape index (κ2) is 6.59. The molecule has 0 N–H and O–H groups in total. The van der Waals surface area contributed by atoms with Crippen molar-refractivity contribution in [1.82, 2.24) is 9.13 Å². The first-order chi connectivity index (χ1) is 9.29. The number of para-hydroxylation sites is 2. The second-order valence-electron chi connectivity index (χ2n) is 4.15. The van der Waals surface area contributed by atoms with Crippen LogP contribution >= 0.6 is 11.6 Å². The number of hydrogen-bond donors (Lipinski definition) is 0. The van der Waals surface area contributed by atoms with Crippen molar-refractivity contribution >= 4 is 22.6 Å². The van der Waals surface area contributed by atoms with E-state index in [1.54, 1.807) is 16.2 Å². The number of methoxy groups -OCH3 is 1. The van der Waals surface area contributed by atoms with Crippen LogP contribution in [0.1, 0.15) is 0 Å². The van der Waals surface area contributed by atoms with Crippen LogP contribution in [0.25, 0.3) is 11.0 Å². The van der Waals surface area contributed by atoms with Crippen molar-refractivity contribution in [3.05, 3.63) is 46.9 Å². The van der Waals surface area contributed by atoms with Gasteiger partial charge in [0.15, 0.2) is 0 Å². The summed E-state index contributed by atoms with van der Waals surface area (Å²) in [6.07, 6.45) is 3.75. The highest BCUT2D eigenvalue weighted by Crippen LogP contribution is 2.12. The van der Waals surface area contributed by atoms with E-state index in [1.807, 2.05) is 36.4 Å². The summed E-state index contributed by atoms with van der Waals surface area (Å²) in [7, 11) is 1.63. The minimum absolute atomic E-state index is 0.0162. The van der Waals surface area contributed by atoms with Crippen LogP contribution < -0.4 is 5.69 Å². The van der Waals surface area contributed by atoms with E-state index in [0.717, 1.165) is 11.0 Å². The lowest BCUT2D eigenvalue weighted by Crippen LogP contribution is -2.25. The lowest BCUT2D eigenvalue weighted by atomic mass is 10.3. The molecule has 0 bridgehead atoms. The Balaban J connectivity index is 2.47. The van der Waals surface area contributed by atoms with E-state index in [9.17, 15) is 4.79 Å². The predicted octanol–water partition coefficient (Wildman–Crippen LogP) is 2.24. The topological polar surface area (TPSA) is 36.2 Å². The number of ether oxygens (including phenoxy) is 1. The number of imidazole rings is 1. The predicted molar refractivity (Wildman–Crippen MR) is 77.9 cm³/mol. The number of allylic oxidation sites excluding steroid dienone is 2. The molecule has 0 saturated heterocycles. The van der Waals surface area contributed by atoms with Gasteiger partial charge in [-0.25, -0.2) is 4.79 Å². The molecule has 0 atom stereocenters. The molecule has 0 saturated carbocycles. The molecule has 0 radical (unpaired) electrons. The van der Waals surface area contributed by atoms with Gasteiger partial charge in [0.25, 0.3) is 0 Å². The average molecular weight is 281 g/mol. The molecular weight excluding hydrogens is 264 g/mol. The average Bonchev–Trinajstić information content (AvgIpc) is 2.70. The molecule has 1 aromatic carbocycles. The number of rotatable bonds is 6. The largest absolute Gasteiger partial charge is 0.383 e. The Labute approximate surface area is 116 Å². The van der Waals surface area contributed by atoms with E-state index in [0.29, 0.717) is 25.6 Å². The number of fused-ring (bicyclic) bond motifs is 1. The third kappa shape index (κ3) is 2.91. The Hall–Kier alpha value is -1.52. The first-order valence-corrected chi connectivity index (χ1v) is 6.71. The molecule has 1 heterocycles. The number of benzene rings is 1. The molecule has 5 heteroatoms. The Kier molecular flexibility index (Phi) is 4.82. The number of halogens is 1. The van der Waals surface area contributed by atoms with Crippen LogP contribution in [-0.4, -0.2) is 28.7 Å². The van der Waals surface area contributed by atoms with Crippen molar-refractivity contribution < 1.29 is 4.74 Å². The normalized spacial score (nSPS) is 11.7. The minimum Gasteiger partial charge on any atom is -0.383 e. The van der Waals surface area contributed by atoms with Crippen molar-refractivity contribution in [2.45, 2.75) is 13.1 Å². The van der Waals surface area contributed by atoms with Gasteiger partial charge >= 0.3 is 5.69 Å². The van der Waals surface area contributed by atoms with Crippen molar-refractivity contribution in [3.8, 4) is 0 Å². The SMILES string of the molecule is COCCn1c(=O)n(C/C=C/CCl)c2ccccc21. The smallest absolute Gasteiger partial charge is 0.329 e.